The maximum absolute atomic E-state index is 12.2. The highest BCUT2D eigenvalue weighted by atomic mass is 16.6. The van der Waals surface area contributed by atoms with E-state index in [0.717, 1.165) is 42.9 Å². The van der Waals surface area contributed by atoms with Crippen molar-refractivity contribution in [1.82, 2.24) is 4.90 Å². The Bertz CT molecular complexity index is 747. The average Bonchev–Trinajstić information content (AvgIpc) is 2.77. The normalized spacial score (nSPS) is 10.6. The summed E-state index contributed by atoms with van der Waals surface area (Å²) in [6.07, 6.45) is 6.16. The van der Waals surface area contributed by atoms with Crippen LogP contribution >= 0.6 is 0 Å². The second-order valence-corrected chi connectivity index (χ2v) is 7.41. The van der Waals surface area contributed by atoms with Crippen LogP contribution in [0.4, 0.5) is 10.5 Å². The Kier molecular flexibility index (Phi) is 10.5. The number of unbranched alkanes of at least 4 members (excludes halogenated alkanes) is 3. The van der Waals surface area contributed by atoms with Crippen molar-refractivity contribution in [2.24, 2.45) is 0 Å². The van der Waals surface area contributed by atoms with Gasteiger partial charge < -0.3 is 14.4 Å². The zero-order chi connectivity index (χ0) is 21.6. The lowest BCUT2D eigenvalue weighted by Gasteiger charge is -2.17. The molecule has 0 radical (unpaired) electrons. The molecule has 0 atom stereocenters. The molecule has 2 aromatic carbocycles. The minimum Gasteiger partial charge on any atom is -0.494 e. The van der Waals surface area contributed by atoms with Gasteiger partial charge in [0.05, 0.1) is 6.61 Å². The van der Waals surface area contributed by atoms with E-state index in [2.05, 4.69) is 18.5 Å². The summed E-state index contributed by atoms with van der Waals surface area (Å²) in [6.45, 7) is 6.77. The molecule has 0 fully saturated rings. The van der Waals surface area contributed by atoms with Gasteiger partial charge in [-0.1, -0.05) is 49.2 Å². The third-order valence-corrected chi connectivity index (χ3v) is 4.85. The van der Waals surface area contributed by atoms with Gasteiger partial charge in [0.2, 0.25) is 0 Å². The first-order valence-corrected chi connectivity index (χ1v) is 10.6. The summed E-state index contributed by atoms with van der Waals surface area (Å²) in [7, 11) is 3.82. The van der Waals surface area contributed by atoms with E-state index in [0.29, 0.717) is 6.61 Å². The fourth-order valence-corrected chi connectivity index (χ4v) is 3.03. The molecule has 2 aromatic rings. The monoisotopic (exact) mass is 410 g/mol. The van der Waals surface area contributed by atoms with Crippen LogP contribution in [0.25, 0.3) is 0 Å². The van der Waals surface area contributed by atoms with E-state index in [1.165, 1.54) is 17.7 Å². The van der Waals surface area contributed by atoms with Gasteiger partial charge in [0.15, 0.2) is 0 Å². The molecule has 0 N–H and O–H groups in total. The van der Waals surface area contributed by atoms with E-state index in [4.69, 9.17) is 9.47 Å². The number of carbonyl (C=O) groups excluding carboxylic acids is 1. The first-order chi connectivity index (χ1) is 14.6. The third kappa shape index (κ3) is 8.70. The Hall–Kier alpha value is -2.79. The van der Waals surface area contributed by atoms with Gasteiger partial charge in [-0.15, -0.1) is 6.58 Å². The Morgan fingerprint density at radius 3 is 2.37 bits per heavy atom. The molecule has 0 aliphatic heterocycles. The lowest BCUT2D eigenvalue weighted by Crippen LogP contribution is -2.26. The van der Waals surface area contributed by atoms with E-state index in [9.17, 15) is 4.79 Å². The maximum Gasteiger partial charge on any atom is 0.414 e. The van der Waals surface area contributed by atoms with E-state index >= 15 is 0 Å². The minimum absolute atomic E-state index is 0.260. The largest absolute Gasteiger partial charge is 0.494 e. The van der Waals surface area contributed by atoms with E-state index in [-0.39, 0.29) is 12.7 Å². The van der Waals surface area contributed by atoms with Crippen molar-refractivity contribution >= 4 is 11.8 Å². The highest BCUT2D eigenvalue weighted by molar-refractivity contribution is 5.86. The van der Waals surface area contributed by atoms with Crippen LogP contribution < -0.4 is 9.64 Å². The molecule has 5 heteroatoms. The average molecular weight is 411 g/mol. The topological polar surface area (TPSA) is 42.0 Å². The zero-order valence-electron chi connectivity index (χ0n) is 18.3. The molecular weight excluding hydrogens is 376 g/mol. The van der Waals surface area contributed by atoms with Crippen molar-refractivity contribution in [2.45, 2.75) is 32.3 Å². The van der Waals surface area contributed by atoms with Gasteiger partial charge in [0, 0.05) is 19.3 Å². The molecule has 0 saturated heterocycles. The van der Waals surface area contributed by atoms with Crippen LogP contribution in [0.2, 0.25) is 0 Å². The lowest BCUT2D eigenvalue weighted by atomic mass is 10.2. The van der Waals surface area contributed by atoms with Gasteiger partial charge >= 0.3 is 6.09 Å². The van der Waals surface area contributed by atoms with Gasteiger partial charge in [-0.05, 0) is 56.3 Å². The Morgan fingerprint density at radius 2 is 1.67 bits per heavy atom. The van der Waals surface area contributed by atoms with Crippen LogP contribution in [0.3, 0.4) is 0 Å². The van der Waals surface area contributed by atoms with E-state index < -0.39 is 0 Å². The van der Waals surface area contributed by atoms with Crippen molar-refractivity contribution in [1.29, 1.82) is 0 Å². The second-order valence-electron chi connectivity index (χ2n) is 7.41. The van der Waals surface area contributed by atoms with Crippen LogP contribution in [0, 0.1) is 0 Å². The van der Waals surface area contributed by atoms with Crippen LogP contribution in [0.5, 0.6) is 5.75 Å². The Balaban J connectivity index is 1.64. The molecule has 0 unspecified atom stereocenters. The number of hydrogen-bond donors (Lipinski definition) is 0. The maximum atomic E-state index is 12.2. The van der Waals surface area contributed by atoms with Crippen LogP contribution in [-0.2, 0) is 11.3 Å². The van der Waals surface area contributed by atoms with Crippen LogP contribution in [0.1, 0.15) is 31.2 Å². The molecular formula is C25H34N2O3. The Morgan fingerprint density at radius 1 is 0.967 bits per heavy atom. The summed E-state index contributed by atoms with van der Waals surface area (Å²) in [5.74, 6) is 0.815. The molecule has 2 rings (SSSR count). The summed E-state index contributed by atoms with van der Waals surface area (Å²) in [5.41, 5.74) is 1.73. The summed E-state index contributed by atoms with van der Waals surface area (Å²) >= 11 is 0. The highest BCUT2D eigenvalue weighted by Crippen LogP contribution is 2.20. The summed E-state index contributed by atoms with van der Waals surface area (Å²) < 4.78 is 11.2. The van der Waals surface area contributed by atoms with Crippen molar-refractivity contribution in [2.75, 3.05) is 38.7 Å². The first kappa shape index (κ1) is 23.5. The van der Waals surface area contributed by atoms with Gasteiger partial charge in [0.25, 0.3) is 0 Å². The number of likely N-dealkylation sites (N-methyl/N-ethyl adjacent to an activating group) is 1. The van der Waals surface area contributed by atoms with Gasteiger partial charge in [-0.3, -0.25) is 4.90 Å². The molecule has 0 spiro atoms. The fourth-order valence-electron chi connectivity index (χ4n) is 3.03. The van der Waals surface area contributed by atoms with Gasteiger partial charge in [-0.25, -0.2) is 4.79 Å². The van der Waals surface area contributed by atoms with Crippen LogP contribution in [0.15, 0.2) is 67.3 Å². The zero-order valence-corrected chi connectivity index (χ0v) is 18.3. The fraction of sp³-hybridized carbons (Fsp3) is 0.400. The molecule has 0 bridgehead atoms. The number of rotatable bonds is 13. The smallest absolute Gasteiger partial charge is 0.414 e. The summed E-state index contributed by atoms with van der Waals surface area (Å²) in [6, 6.07) is 17.2. The summed E-state index contributed by atoms with van der Waals surface area (Å²) in [4.78, 5) is 16.0. The predicted octanol–water partition coefficient (Wildman–Crippen LogP) is 5.52. The SMILES string of the molecule is C=CCN(C)CCCCCCOc1ccc(N(C)C(=O)OCc2ccccc2)cc1. The Labute approximate surface area is 180 Å². The number of amides is 1. The molecule has 0 aromatic heterocycles. The quantitative estimate of drug-likeness (QED) is 0.322. The second kappa shape index (κ2) is 13.4. The standard InChI is InChI=1S/C25H34N2O3/c1-4-18-26(2)19-10-5-6-11-20-29-24-16-14-23(15-17-24)27(3)25(28)30-21-22-12-8-7-9-13-22/h4,7-9,12-17H,1,5-6,10-11,18-21H2,2-3H3. The van der Waals surface area contributed by atoms with Crippen molar-refractivity contribution in [3.8, 4) is 5.75 Å². The highest BCUT2D eigenvalue weighted by Gasteiger charge is 2.12. The number of nitrogens with zero attached hydrogens (tertiary/aromatic N) is 2. The van der Waals surface area contributed by atoms with Gasteiger partial charge in [-0.2, -0.15) is 0 Å². The molecule has 0 saturated carbocycles. The number of ether oxygens (including phenoxy) is 2. The number of carbonyl (C=O) groups is 1. The molecule has 0 heterocycles. The molecule has 1 amide bonds. The number of hydrogen-bond acceptors (Lipinski definition) is 4. The number of benzene rings is 2. The molecule has 0 aliphatic rings. The van der Waals surface area contributed by atoms with Gasteiger partial charge in [0.1, 0.15) is 12.4 Å². The van der Waals surface area contributed by atoms with Crippen LogP contribution in [-0.4, -0.2) is 44.8 Å². The van der Waals surface area contributed by atoms with Crippen molar-refractivity contribution in [3.05, 3.63) is 72.8 Å². The minimum atomic E-state index is -0.383. The van der Waals surface area contributed by atoms with Crippen molar-refractivity contribution < 1.29 is 14.3 Å². The van der Waals surface area contributed by atoms with E-state index in [1.54, 1.807) is 7.05 Å². The number of anilines is 1. The molecule has 5 nitrogen and oxygen atoms in total. The van der Waals surface area contributed by atoms with E-state index in [1.807, 2.05) is 60.7 Å². The summed E-state index contributed by atoms with van der Waals surface area (Å²) in [5, 5.41) is 0. The molecule has 0 aliphatic carbocycles. The molecule has 162 valence electrons. The predicted molar refractivity (Wildman–Crippen MR) is 123 cm³/mol. The first-order valence-electron chi connectivity index (χ1n) is 10.6. The molecule has 30 heavy (non-hydrogen) atoms. The third-order valence-electron chi connectivity index (χ3n) is 4.85. The van der Waals surface area contributed by atoms with Crippen molar-refractivity contribution in [3.63, 3.8) is 0 Å². The lowest BCUT2D eigenvalue weighted by molar-refractivity contribution is 0.148.